The van der Waals surface area contributed by atoms with Crippen molar-refractivity contribution in [2.24, 2.45) is 5.18 Å². The summed E-state index contributed by atoms with van der Waals surface area (Å²) in [7, 11) is 0. The molecule has 27 heavy (non-hydrogen) atoms. The number of nitrogens with zero attached hydrogens (tertiary/aromatic N) is 3. The van der Waals surface area contributed by atoms with Crippen molar-refractivity contribution in [2.45, 2.75) is 26.4 Å². The molecule has 0 unspecified atom stereocenters. The molecular formula is C17H19Cl2N5O3. The van der Waals surface area contributed by atoms with E-state index >= 15 is 0 Å². The van der Waals surface area contributed by atoms with E-state index in [1.807, 2.05) is 0 Å². The Bertz CT molecular complexity index is 840. The molecular weight excluding hydrogens is 393 g/mol. The second-order valence-corrected chi connectivity index (χ2v) is 7.34. The number of anilines is 1. The van der Waals surface area contributed by atoms with Gasteiger partial charge in [-0.15, -0.1) is 4.91 Å². The Morgan fingerprint density at radius 3 is 2.63 bits per heavy atom. The zero-order chi connectivity index (χ0) is 20.0. The summed E-state index contributed by atoms with van der Waals surface area (Å²) >= 11 is 12.1. The maximum absolute atomic E-state index is 11.6. The lowest BCUT2D eigenvalue weighted by molar-refractivity contribution is 0.0530. The lowest BCUT2D eigenvalue weighted by Gasteiger charge is -2.19. The topological polar surface area (TPSA) is 106 Å². The molecule has 2 rings (SSSR count). The van der Waals surface area contributed by atoms with Gasteiger partial charge in [0.15, 0.2) is 0 Å². The number of carbonyl (C=O) groups excluding carboxylic acids is 1. The largest absolute Gasteiger partial charge is 0.444 e. The first-order valence-corrected chi connectivity index (χ1v) is 8.82. The standard InChI is InChI=1S/C17H19Cl2N5O3/c1-17(2,3)27-16(25)21-7-6-20-13-9-22-15(24-26)14(23-13)11-5-4-10(18)8-12(11)19/h4-5,8-9H,6-7H2,1-3H3,(H,20,23)(H,21,25). The van der Waals surface area contributed by atoms with Gasteiger partial charge in [-0.05, 0) is 44.1 Å². The second-order valence-electron chi connectivity index (χ2n) is 6.50. The minimum atomic E-state index is -0.562. The molecule has 2 N–H and O–H groups in total. The van der Waals surface area contributed by atoms with Gasteiger partial charge in [-0.1, -0.05) is 23.2 Å². The van der Waals surface area contributed by atoms with E-state index < -0.39 is 11.7 Å². The molecule has 10 heteroatoms. The summed E-state index contributed by atoms with van der Waals surface area (Å²) in [6.07, 6.45) is 0.863. The zero-order valence-electron chi connectivity index (χ0n) is 15.0. The molecule has 0 saturated heterocycles. The Balaban J connectivity index is 2.05. The normalized spacial score (nSPS) is 11.0. The smallest absolute Gasteiger partial charge is 0.407 e. The number of carbonyl (C=O) groups is 1. The highest BCUT2D eigenvalue weighted by atomic mass is 35.5. The van der Waals surface area contributed by atoms with Crippen molar-refractivity contribution in [1.82, 2.24) is 15.3 Å². The van der Waals surface area contributed by atoms with E-state index in [4.69, 9.17) is 27.9 Å². The first-order chi connectivity index (χ1) is 12.7. The third-order valence-corrected chi connectivity index (χ3v) is 3.67. The minimum absolute atomic E-state index is 0.0864. The fourth-order valence-corrected chi connectivity index (χ4v) is 2.56. The average molecular weight is 412 g/mol. The van der Waals surface area contributed by atoms with Crippen LogP contribution in [0.3, 0.4) is 0 Å². The van der Waals surface area contributed by atoms with Crippen LogP contribution in [0, 0.1) is 4.91 Å². The molecule has 144 valence electrons. The van der Waals surface area contributed by atoms with Crippen LogP contribution in [-0.2, 0) is 4.74 Å². The van der Waals surface area contributed by atoms with Gasteiger partial charge in [-0.25, -0.2) is 14.8 Å². The molecule has 0 spiro atoms. The number of ether oxygens (including phenoxy) is 1. The van der Waals surface area contributed by atoms with Crippen molar-refractivity contribution in [3.63, 3.8) is 0 Å². The molecule has 1 aromatic carbocycles. The van der Waals surface area contributed by atoms with Crippen molar-refractivity contribution in [3.8, 4) is 11.3 Å². The Labute approximate surface area is 166 Å². The monoisotopic (exact) mass is 411 g/mol. The van der Waals surface area contributed by atoms with Gasteiger partial charge in [0.05, 0.1) is 11.2 Å². The fourth-order valence-electron chi connectivity index (χ4n) is 2.07. The molecule has 0 aliphatic heterocycles. The molecule has 2 aromatic rings. The molecule has 0 aliphatic carbocycles. The highest BCUT2D eigenvalue weighted by molar-refractivity contribution is 6.36. The van der Waals surface area contributed by atoms with E-state index in [0.29, 0.717) is 34.5 Å². The van der Waals surface area contributed by atoms with Crippen LogP contribution in [0.5, 0.6) is 0 Å². The third kappa shape index (κ3) is 6.33. The fraction of sp³-hybridized carbons (Fsp3) is 0.353. The minimum Gasteiger partial charge on any atom is -0.444 e. The number of nitrogens with one attached hydrogen (secondary N) is 2. The van der Waals surface area contributed by atoms with Gasteiger partial charge in [0.2, 0.25) is 5.82 Å². The number of halogens is 2. The average Bonchev–Trinajstić information content (AvgIpc) is 2.57. The van der Waals surface area contributed by atoms with Crippen LogP contribution in [0.25, 0.3) is 11.3 Å². The van der Waals surface area contributed by atoms with Crippen LogP contribution in [0.2, 0.25) is 10.0 Å². The Kier molecular flexibility index (Phi) is 6.92. The Morgan fingerprint density at radius 2 is 2.00 bits per heavy atom. The quantitative estimate of drug-likeness (QED) is 0.522. The SMILES string of the molecule is CC(C)(C)OC(=O)NCCNc1cnc(N=O)c(-c2ccc(Cl)cc2Cl)n1. The van der Waals surface area contributed by atoms with E-state index in [-0.39, 0.29) is 11.5 Å². The number of nitroso groups, excluding NO2 is 1. The zero-order valence-corrected chi connectivity index (χ0v) is 16.6. The lowest BCUT2D eigenvalue weighted by Crippen LogP contribution is -2.35. The number of alkyl carbamates (subject to hydrolysis) is 1. The Hall–Kier alpha value is -2.45. The number of amides is 1. The maximum Gasteiger partial charge on any atom is 0.407 e. The van der Waals surface area contributed by atoms with E-state index in [0.717, 1.165) is 0 Å². The van der Waals surface area contributed by atoms with Crippen LogP contribution in [0.1, 0.15) is 20.8 Å². The first-order valence-electron chi connectivity index (χ1n) is 8.06. The van der Waals surface area contributed by atoms with Gasteiger partial charge in [-0.2, -0.15) is 0 Å². The molecule has 0 aliphatic rings. The number of hydrogen-bond donors (Lipinski definition) is 2. The number of benzene rings is 1. The summed E-state index contributed by atoms with van der Waals surface area (Å²) in [4.78, 5) is 31.0. The van der Waals surface area contributed by atoms with E-state index in [2.05, 4.69) is 25.8 Å². The van der Waals surface area contributed by atoms with Crippen molar-refractivity contribution in [3.05, 3.63) is 39.3 Å². The molecule has 0 atom stereocenters. The summed E-state index contributed by atoms with van der Waals surface area (Å²) in [6.45, 7) is 6.03. The number of hydrogen-bond acceptors (Lipinski definition) is 7. The molecule has 0 bridgehead atoms. The van der Waals surface area contributed by atoms with Crippen molar-refractivity contribution in [1.29, 1.82) is 0 Å². The van der Waals surface area contributed by atoms with Crippen molar-refractivity contribution >= 4 is 40.9 Å². The maximum atomic E-state index is 11.6. The van der Waals surface area contributed by atoms with E-state index in [1.165, 1.54) is 6.20 Å². The van der Waals surface area contributed by atoms with Crippen LogP contribution < -0.4 is 10.6 Å². The predicted octanol–water partition coefficient (Wildman–Crippen LogP) is 4.78. The summed E-state index contributed by atoms with van der Waals surface area (Å²) in [5.41, 5.74) is 0.156. The summed E-state index contributed by atoms with van der Waals surface area (Å²) in [5, 5.41) is 9.29. The third-order valence-electron chi connectivity index (χ3n) is 3.13. The lowest BCUT2D eigenvalue weighted by atomic mass is 10.1. The van der Waals surface area contributed by atoms with Crippen molar-refractivity contribution in [2.75, 3.05) is 18.4 Å². The van der Waals surface area contributed by atoms with Gasteiger partial charge in [0.1, 0.15) is 17.1 Å². The highest BCUT2D eigenvalue weighted by Crippen LogP contribution is 2.34. The number of aromatic nitrogens is 2. The van der Waals surface area contributed by atoms with Crippen molar-refractivity contribution < 1.29 is 9.53 Å². The van der Waals surface area contributed by atoms with Crippen LogP contribution >= 0.6 is 23.2 Å². The molecule has 1 amide bonds. The molecule has 0 fully saturated rings. The van der Waals surface area contributed by atoms with Crippen LogP contribution in [-0.4, -0.2) is 34.8 Å². The summed E-state index contributed by atoms with van der Waals surface area (Å²) < 4.78 is 5.14. The predicted molar refractivity (Wildman–Crippen MR) is 106 cm³/mol. The van der Waals surface area contributed by atoms with Gasteiger partial charge in [-0.3, -0.25) is 0 Å². The van der Waals surface area contributed by atoms with Gasteiger partial charge >= 0.3 is 6.09 Å². The van der Waals surface area contributed by atoms with Crippen LogP contribution in [0.4, 0.5) is 16.4 Å². The summed E-state index contributed by atoms with van der Waals surface area (Å²) in [6, 6.07) is 4.81. The van der Waals surface area contributed by atoms with Gasteiger partial charge in [0.25, 0.3) is 0 Å². The molecule has 1 aromatic heterocycles. The van der Waals surface area contributed by atoms with E-state index in [1.54, 1.807) is 39.0 Å². The highest BCUT2D eigenvalue weighted by Gasteiger charge is 2.16. The van der Waals surface area contributed by atoms with E-state index in [9.17, 15) is 9.70 Å². The first kappa shape index (κ1) is 20.9. The van der Waals surface area contributed by atoms with Crippen LogP contribution in [0.15, 0.2) is 29.6 Å². The number of rotatable bonds is 6. The van der Waals surface area contributed by atoms with Gasteiger partial charge < -0.3 is 15.4 Å². The molecule has 0 radical (unpaired) electrons. The second kappa shape index (κ2) is 8.96. The Morgan fingerprint density at radius 1 is 1.26 bits per heavy atom. The molecule has 1 heterocycles. The molecule has 0 saturated carbocycles. The molecule has 8 nitrogen and oxygen atoms in total. The van der Waals surface area contributed by atoms with Gasteiger partial charge in [0, 0.05) is 23.7 Å². The summed E-state index contributed by atoms with van der Waals surface area (Å²) in [5.74, 6) is 0.311.